The summed E-state index contributed by atoms with van der Waals surface area (Å²) in [6.07, 6.45) is -1.54. The highest BCUT2D eigenvalue weighted by atomic mass is 19.3. The number of rotatable bonds is 3. The van der Waals surface area contributed by atoms with Gasteiger partial charge in [0.2, 0.25) is 0 Å². The van der Waals surface area contributed by atoms with Crippen LogP contribution >= 0.6 is 0 Å². The van der Waals surface area contributed by atoms with Gasteiger partial charge >= 0.3 is 5.97 Å². The van der Waals surface area contributed by atoms with E-state index >= 15 is 0 Å². The van der Waals surface area contributed by atoms with Crippen molar-refractivity contribution in [3.63, 3.8) is 0 Å². The molecule has 0 fully saturated rings. The summed E-state index contributed by atoms with van der Waals surface area (Å²) in [6.45, 7) is 1.35. The Morgan fingerprint density at radius 2 is 2.21 bits per heavy atom. The lowest BCUT2D eigenvalue weighted by molar-refractivity contribution is -0.138. The minimum atomic E-state index is -2.71. The van der Waals surface area contributed by atoms with Crippen LogP contribution < -0.4 is 0 Å². The van der Waals surface area contributed by atoms with Crippen molar-refractivity contribution >= 4 is 5.97 Å². The Morgan fingerprint density at radius 3 is 2.64 bits per heavy atom. The van der Waals surface area contributed by atoms with E-state index in [1.807, 2.05) is 0 Å². The minimum absolute atomic E-state index is 0.0648. The fraction of sp³-hybridized carbons (Fsp3) is 0.500. The highest BCUT2D eigenvalue weighted by molar-refractivity contribution is 5.75. The minimum Gasteiger partial charge on any atom is -0.481 e. The maximum Gasteiger partial charge on any atom is 0.310 e. The topological polar surface area (TPSA) is 55.1 Å². The van der Waals surface area contributed by atoms with Crippen LogP contribution in [0.4, 0.5) is 8.78 Å². The highest BCUT2D eigenvalue weighted by Crippen LogP contribution is 2.27. The molecule has 0 aliphatic carbocycles. The van der Waals surface area contributed by atoms with Crippen LogP contribution in [0, 0.1) is 0 Å². The predicted molar refractivity (Wildman–Crippen MR) is 44.2 cm³/mol. The van der Waals surface area contributed by atoms with Gasteiger partial charge in [0, 0.05) is 12.6 Å². The molecule has 1 aromatic heterocycles. The van der Waals surface area contributed by atoms with E-state index in [9.17, 15) is 13.6 Å². The van der Waals surface area contributed by atoms with E-state index in [-0.39, 0.29) is 11.3 Å². The van der Waals surface area contributed by atoms with E-state index in [1.54, 1.807) is 0 Å². The van der Waals surface area contributed by atoms with Crippen LogP contribution in [0.25, 0.3) is 0 Å². The number of carboxylic acids is 1. The second-order valence-electron chi connectivity index (χ2n) is 2.97. The third-order valence-electron chi connectivity index (χ3n) is 2.06. The number of carboxylic acid groups (broad SMARTS) is 1. The van der Waals surface area contributed by atoms with Gasteiger partial charge in [-0.1, -0.05) is 0 Å². The molecule has 0 radical (unpaired) electrons. The number of halogens is 2. The summed E-state index contributed by atoms with van der Waals surface area (Å²) in [5.41, 5.74) is -0.269. The maximum atomic E-state index is 12.5. The first-order valence-electron chi connectivity index (χ1n) is 3.98. The molecule has 0 aliphatic rings. The van der Waals surface area contributed by atoms with Crippen molar-refractivity contribution in [1.82, 2.24) is 9.78 Å². The molecule has 14 heavy (non-hydrogen) atoms. The number of alkyl halides is 2. The zero-order valence-electron chi connectivity index (χ0n) is 7.74. The van der Waals surface area contributed by atoms with Gasteiger partial charge in [0.15, 0.2) is 0 Å². The Balaban J connectivity index is 3.15. The first-order chi connectivity index (χ1) is 6.45. The standard InChI is InChI=1S/C8H10F2N2O2/c1-4(8(13)14)5-3-11-12(2)6(5)7(9)10/h3-4,7H,1-2H3,(H,13,14). The van der Waals surface area contributed by atoms with Gasteiger partial charge in [0.1, 0.15) is 5.69 Å². The van der Waals surface area contributed by atoms with Gasteiger partial charge in [0.05, 0.1) is 12.1 Å². The maximum absolute atomic E-state index is 12.5. The molecular weight excluding hydrogens is 194 g/mol. The van der Waals surface area contributed by atoms with E-state index in [1.165, 1.54) is 20.2 Å². The van der Waals surface area contributed by atoms with Gasteiger partial charge in [-0.2, -0.15) is 5.10 Å². The number of hydrogen-bond acceptors (Lipinski definition) is 2. The molecule has 1 rings (SSSR count). The van der Waals surface area contributed by atoms with Crippen molar-refractivity contribution in [2.75, 3.05) is 0 Å². The number of aryl methyl sites for hydroxylation is 1. The van der Waals surface area contributed by atoms with E-state index < -0.39 is 18.3 Å². The van der Waals surface area contributed by atoms with Crippen molar-refractivity contribution in [2.24, 2.45) is 7.05 Å². The van der Waals surface area contributed by atoms with Gasteiger partial charge in [-0.3, -0.25) is 9.48 Å². The molecule has 1 heterocycles. The summed E-state index contributed by atoms with van der Waals surface area (Å²) in [5.74, 6) is -2.10. The summed E-state index contributed by atoms with van der Waals surface area (Å²) in [7, 11) is 1.36. The SMILES string of the molecule is CC(C(=O)O)c1cnn(C)c1C(F)F. The summed E-state index contributed by atoms with van der Waals surface area (Å²) in [4.78, 5) is 10.6. The van der Waals surface area contributed by atoms with Crippen molar-refractivity contribution in [2.45, 2.75) is 19.3 Å². The lowest BCUT2D eigenvalue weighted by Crippen LogP contribution is -2.10. The molecule has 78 valence electrons. The second kappa shape index (κ2) is 3.73. The lowest BCUT2D eigenvalue weighted by atomic mass is 10.0. The molecular formula is C8H10F2N2O2. The summed E-state index contributed by atoms with van der Waals surface area (Å²) in [6, 6.07) is 0. The highest BCUT2D eigenvalue weighted by Gasteiger charge is 2.25. The lowest BCUT2D eigenvalue weighted by Gasteiger charge is -2.07. The van der Waals surface area contributed by atoms with Crippen molar-refractivity contribution in [3.8, 4) is 0 Å². The molecule has 1 aromatic rings. The normalized spacial score (nSPS) is 13.2. The summed E-state index contributed by atoms with van der Waals surface area (Å²) in [5, 5.41) is 12.3. The average Bonchev–Trinajstić information content (AvgIpc) is 2.45. The van der Waals surface area contributed by atoms with Crippen LogP contribution in [0.15, 0.2) is 6.20 Å². The summed E-state index contributed by atoms with van der Waals surface area (Å²) < 4.78 is 26.0. The quantitative estimate of drug-likeness (QED) is 0.812. The van der Waals surface area contributed by atoms with Crippen LogP contribution in [0.1, 0.15) is 30.5 Å². The van der Waals surface area contributed by atoms with E-state index in [4.69, 9.17) is 5.11 Å². The third kappa shape index (κ3) is 1.73. The number of aromatic nitrogens is 2. The molecule has 6 heteroatoms. The zero-order valence-corrected chi connectivity index (χ0v) is 7.74. The number of nitrogens with zero attached hydrogens (tertiary/aromatic N) is 2. The molecule has 0 aromatic carbocycles. The van der Waals surface area contributed by atoms with E-state index in [0.717, 1.165) is 4.68 Å². The van der Waals surface area contributed by atoms with Crippen molar-refractivity contribution < 1.29 is 18.7 Å². The van der Waals surface area contributed by atoms with Crippen LogP contribution in [-0.2, 0) is 11.8 Å². The smallest absolute Gasteiger partial charge is 0.310 e. The Kier molecular flexibility index (Phi) is 2.83. The first kappa shape index (κ1) is 10.6. The third-order valence-corrected chi connectivity index (χ3v) is 2.06. The molecule has 1 unspecified atom stereocenters. The monoisotopic (exact) mass is 204 g/mol. The molecule has 1 atom stereocenters. The Bertz CT molecular complexity index is 349. The van der Waals surface area contributed by atoms with Crippen LogP contribution in [0.3, 0.4) is 0 Å². The van der Waals surface area contributed by atoms with Crippen molar-refractivity contribution in [3.05, 3.63) is 17.5 Å². The Labute approximate surface area is 79.2 Å². The average molecular weight is 204 g/mol. The van der Waals surface area contributed by atoms with Crippen LogP contribution in [0.2, 0.25) is 0 Å². The van der Waals surface area contributed by atoms with Gasteiger partial charge in [0.25, 0.3) is 6.43 Å². The molecule has 4 nitrogen and oxygen atoms in total. The number of carbonyl (C=O) groups is 1. The fourth-order valence-corrected chi connectivity index (χ4v) is 1.20. The van der Waals surface area contributed by atoms with Gasteiger partial charge in [-0.15, -0.1) is 0 Å². The molecule has 0 saturated heterocycles. The van der Waals surface area contributed by atoms with Crippen LogP contribution in [-0.4, -0.2) is 20.9 Å². The Morgan fingerprint density at radius 1 is 1.64 bits per heavy atom. The van der Waals surface area contributed by atoms with E-state index in [2.05, 4.69) is 5.10 Å². The first-order valence-corrected chi connectivity index (χ1v) is 3.98. The second-order valence-corrected chi connectivity index (χ2v) is 2.97. The zero-order chi connectivity index (χ0) is 10.9. The molecule has 0 aliphatic heterocycles. The number of aliphatic carboxylic acids is 1. The Hall–Kier alpha value is -1.46. The predicted octanol–water partition coefficient (Wildman–Crippen LogP) is 1.55. The van der Waals surface area contributed by atoms with Crippen LogP contribution in [0.5, 0.6) is 0 Å². The van der Waals surface area contributed by atoms with E-state index in [0.29, 0.717) is 0 Å². The number of hydrogen-bond donors (Lipinski definition) is 1. The molecule has 0 saturated carbocycles. The van der Waals surface area contributed by atoms with Crippen molar-refractivity contribution in [1.29, 1.82) is 0 Å². The van der Waals surface area contributed by atoms with Gasteiger partial charge < -0.3 is 5.11 Å². The summed E-state index contributed by atoms with van der Waals surface area (Å²) >= 11 is 0. The molecule has 1 N–H and O–H groups in total. The van der Waals surface area contributed by atoms with Gasteiger partial charge in [-0.25, -0.2) is 8.78 Å². The largest absolute Gasteiger partial charge is 0.481 e. The molecule has 0 bridgehead atoms. The molecule has 0 amide bonds. The fourth-order valence-electron chi connectivity index (χ4n) is 1.20. The van der Waals surface area contributed by atoms with Gasteiger partial charge in [-0.05, 0) is 6.92 Å². The molecule has 0 spiro atoms.